The first-order chi connectivity index (χ1) is 15.1. The van der Waals surface area contributed by atoms with Crippen molar-refractivity contribution in [2.24, 2.45) is 52.3 Å². The van der Waals surface area contributed by atoms with E-state index < -0.39 is 17.9 Å². The number of carbonyl (C=O) groups excluding carboxylic acids is 1. The third-order valence-corrected chi connectivity index (χ3v) is 10.7. The Hall–Kier alpha value is -1.65. The number of hydrogen-bond donors (Lipinski definition) is 2. The molecule has 0 radical (unpaired) electrons. The van der Waals surface area contributed by atoms with Crippen LogP contribution in [0.3, 0.4) is 0 Å². The SMILES string of the molecule is CCC1C(CC)[C@H]2[C@@H]3CCC4=CC(=O)CC[C@]4(C)[C@H]3CC[C@]2(C)[C@H]1CC(C(=O)O)C(=O)O. The number of fused-ring (bicyclic) bond motifs is 5. The van der Waals surface area contributed by atoms with E-state index >= 15 is 0 Å². The van der Waals surface area contributed by atoms with E-state index in [0.717, 1.165) is 44.9 Å². The summed E-state index contributed by atoms with van der Waals surface area (Å²) in [4.78, 5) is 35.7. The fourth-order valence-corrected chi connectivity index (χ4v) is 9.28. The zero-order valence-corrected chi connectivity index (χ0v) is 20.1. The Labute approximate surface area is 192 Å². The zero-order chi connectivity index (χ0) is 23.4. The molecular formula is C27H40O5. The van der Waals surface area contributed by atoms with E-state index in [1.54, 1.807) is 0 Å². The molecule has 4 aliphatic rings. The lowest BCUT2D eigenvalue weighted by Gasteiger charge is -2.59. The van der Waals surface area contributed by atoms with Gasteiger partial charge in [0.2, 0.25) is 0 Å². The summed E-state index contributed by atoms with van der Waals surface area (Å²) in [5.41, 5.74) is 1.47. The predicted octanol–water partition coefficient (Wildman–Crippen LogP) is 5.58. The Kier molecular flexibility index (Phi) is 6.09. The van der Waals surface area contributed by atoms with Crippen molar-refractivity contribution in [3.05, 3.63) is 11.6 Å². The van der Waals surface area contributed by atoms with Gasteiger partial charge in [0.05, 0.1) is 0 Å². The molecule has 4 aliphatic carbocycles. The Balaban J connectivity index is 1.71. The maximum atomic E-state index is 12.1. The second-order valence-corrected chi connectivity index (χ2v) is 11.6. The highest BCUT2D eigenvalue weighted by Gasteiger charge is 2.64. The molecule has 2 N–H and O–H groups in total. The molecule has 0 aromatic heterocycles. The summed E-state index contributed by atoms with van der Waals surface area (Å²) in [5, 5.41) is 19.2. The standard InChI is InChI=1S/C27H40O5/c1-5-17-18(6-2)23-19-8-7-15-13-16(28)9-11-26(15,3)21(19)10-12-27(23,4)22(17)14-20(24(29)30)25(31)32/h13,17-23H,5-12,14H2,1-4H3,(H,29,30)(H,31,32)/t17?,18?,19-,21+,22+,23+,26+,27-/m1/s1. The van der Waals surface area contributed by atoms with Crippen molar-refractivity contribution in [1.82, 2.24) is 0 Å². The lowest BCUT2D eigenvalue weighted by Crippen LogP contribution is -2.51. The van der Waals surface area contributed by atoms with Gasteiger partial charge in [0.15, 0.2) is 11.7 Å². The van der Waals surface area contributed by atoms with Gasteiger partial charge in [-0.1, -0.05) is 46.1 Å². The van der Waals surface area contributed by atoms with Crippen molar-refractivity contribution < 1.29 is 24.6 Å². The van der Waals surface area contributed by atoms with Crippen LogP contribution in [0.2, 0.25) is 0 Å². The smallest absolute Gasteiger partial charge is 0.317 e. The summed E-state index contributed by atoms with van der Waals surface area (Å²) >= 11 is 0. The minimum absolute atomic E-state index is 0.00622. The first kappa shape index (κ1) is 23.5. The van der Waals surface area contributed by atoms with Gasteiger partial charge in [0, 0.05) is 6.42 Å². The van der Waals surface area contributed by atoms with Crippen molar-refractivity contribution in [2.45, 2.75) is 85.5 Å². The number of rotatable bonds is 6. The van der Waals surface area contributed by atoms with Crippen LogP contribution in [0, 0.1) is 52.3 Å². The van der Waals surface area contributed by atoms with Crippen LogP contribution in [-0.4, -0.2) is 27.9 Å². The molecule has 5 heteroatoms. The van der Waals surface area contributed by atoms with Gasteiger partial charge in [0.1, 0.15) is 0 Å². The molecular weight excluding hydrogens is 404 g/mol. The first-order valence-corrected chi connectivity index (χ1v) is 12.8. The van der Waals surface area contributed by atoms with E-state index in [1.165, 1.54) is 5.57 Å². The maximum Gasteiger partial charge on any atom is 0.317 e. The highest BCUT2D eigenvalue weighted by atomic mass is 16.4. The highest BCUT2D eigenvalue weighted by Crippen LogP contribution is 2.70. The summed E-state index contributed by atoms with van der Waals surface area (Å²) in [7, 11) is 0. The molecule has 5 nitrogen and oxygen atoms in total. The summed E-state index contributed by atoms with van der Waals surface area (Å²) in [6.45, 7) is 9.21. The third kappa shape index (κ3) is 3.37. The van der Waals surface area contributed by atoms with Crippen LogP contribution >= 0.6 is 0 Å². The topological polar surface area (TPSA) is 91.7 Å². The Morgan fingerprint density at radius 2 is 1.69 bits per heavy atom. The van der Waals surface area contributed by atoms with E-state index in [2.05, 4.69) is 27.7 Å². The quantitative estimate of drug-likeness (QED) is 0.522. The van der Waals surface area contributed by atoms with Crippen LogP contribution in [0.4, 0.5) is 0 Å². The van der Waals surface area contributed by atoms with E-state index in [-0.39, 0.29) is 29.0 Å². The summed E-state index contributed by atoms with van der Waals surface area (Å²) in [5.74, 6) is -0.724. The Bertz CT molecular complexity index is 816. The molecule has 8 atom stereocenters. The minimum atomic E-state index is -1.32. The zero-order valence-electron chi connectivity index (χ0n) is 20.1. The number of carbonyl (C=O) groups is 3. The fourth-order valence-electron chi connectivity index (χ4n) is 9.28. The lowest BCUT2D eigenvalue weighted by molar-refractivity contribution is -0.156. The van der Waals surface area contributed by atoms with Crippen molar-refractivity contribution >= 4 is 17.7 Å². The molecule has 3 fully saturated rings. The van der Waals surface area contributed by atoms with Crippen molar-refractivity contribution in [3.8, 4) is 0 Å². The van der Waals surface area contributed by atoms with E-state index in [9.17, 15) is 24.6 Å². The van der Waals surface area contributed by atoms with Crippen LogP contribution < -0.4 is 0 Å². The number of ketones is 1. The Morgan fingerprint density at radius 1 is 1.03 bits per heavy atom. The van der Waals surface area contributed by atoms with Crippen molar-refractivity contribution in [1.29, 1.82) is 0 Å². The molecule has 0 saturated heterocycles. The lowest BCUT2D eigenvalue weighted by atomic mass is 9.46. The molecule has 2 unspecified atom stereocenters. The van der Waals surface area contributed by atoms with Crippen molar-refractivity contribution in [3.63, 3.8) is 0 Å². The average molecular weight is 445 g/mol. The number of aliphatic carboxylic acids is 2. The van der Waals surface area contributed by atoms with Gasteiger partial charge in [-0.25, -0.2) is 0 Å². The molecule has 0 amide bonds. The minimum Gasteiger partial charge on any atom is -0.481 e. The van der Waals surface area contributed by atoms with Gasteiger partial charge in [0.25, 0.3) is 0 Å². The Morgan fingerprint density at radius 3 is 2.28 bits per heavy atom. The number of allylic oxidation sites excluding steroid dienone is 1. The molecule has 0 spiro atoms. The van der Waals surface area contributed by atoms with Gasteiger partial charge >= 0.3 is 11.9 Å². The molecule has 178 valence electrons. The van der Waals surface area contributed by atoms with Gasteiger partial charge in [-0.05, 0) is 90.9 Å². The van der Waals surface area contributed by atoms with Crippen LogP contribution in [-0.2, 0) is 14.4 Å². The van der Waals surface area contributed by atoms with E-state index in [0.29, 0.717) is 36.0 Å². The van der Waals surface area contributed by atoms with E-state index in [4.69, 9.17) is 0 Å². The van der Waals surface area contributed by atoms with Gasteiger partial charge in [-0.15, -0.1) is 0 Å². The molecule has 0 heterocycles. The van der Waals surface area contributed by atoms with E-state index in [1.807, 2.05) is 6.08 Å². The second kappa shape index (κ2) is 8.29. The summed E-state index contributed by atoms with van der Waals surface area (Å²) in [6.07, 6.45) is 10.1. The molecule has 4 rings (SSSR count). The average Bonchev–Trinajstić information content (AvgIpc) is 2.99. The molecule has 0 aromatic carbocycles. The largest absolute Gasteiger partial charge is 0.481 e. The summed E-state index contributed by atoms with van der Waals surface area (Å²) < 4.78 is 0. The summed E-state index contributed by atoms with van der Waals surface area (Å²) in [6, 6.07) is 0. The normalized spacial score (nSPS) is 43.3. The predicted molar refractivity (Wildman–Crippen MR) is 122 cm³/mol. The van der Waals surface area contributed by atoms with Crippen LogP contribution in [0.5, 0.6) is 0 Å². The van der Waals surface area contributed by atoms with Gasteiger partial charge < -0.3 is 10.2 Å². The molecule has 0 bridgehead atoms. The molecule has 3 saturated carbocycles. The number of carboxylic acid groups (broad SMARTS) is 2. The van der Waals surface area contributed by atoms with Gasteiger partial charge in [-0.2, -0.15) is 0 Å². The first-order valence-electron chi connectivity index (χ1n) is 12.8. The molecule has 0 aliphatic heterocycles. The third-order valence-electron chi connectivity index (χ3n) is 10.7. The van der Waals surface area contributed by atoms with Crippen molar-refractivity contribution in [2.75, 3.05) is 0 Å². The van der Waals surface area contributed by atoms with Crippen LogP contribution in [0.1, 0.15) is 85.5 Å². The number of carboxylic acids is 2. The second-order valence-electron chi connectivity index (χ2n) is 11.6. The van der Waals surface area contributed by atoms with Crippen LogP contribution in [0.15, 0.2) is 11.6 Å². The molecule has 32 heavy (non-hydrogen) atoms. The maximum absolute atomic E-state index is 12.1. The van der Waals surface area contributed by atoms with Crippen LogP contribution in [0.25, 0.3) is 0 Å². The monoisotopic (exact) mass is 444 g/mol. The number of hydrogen-bond acceptors (Lipinski definition) is 3. The highest BCUT2D eigenvalue weighted by molar-refractivity contribution is 5.93. The fraction of sp³-hybridized carbons (Fsp3) is 0.815. The van der Waals surface area contributed by atoms with Gasteiger partial charge in [-0.3, -0.25) is 14.4 Å². The molecule has 0 aromatic rings.